The molecule has 1 N–H and O–H groups in total. The lowest BCUT2D eigenvalue weighted by molar-refractivity contribution is 0.466. The number of benzene rings is 1. The van der Waals surface area contributed by atoms with Crippen LogP contribution in [-0.4, -0.2) is 23.8 Å². The molecule has 0 atom stereocenters. The summed E-state index contributed by atoms with van der Waals surface area (Å²) < 4.78 is 5.62. The van der Waals surface area contributed by atoms with Gasteiger partial charge in [-0.05, 0) is 30.7 Å². The zero-order valence-electron chi connectivity index (χ0n) is 11.1. The van der Waals surface area contributed by atoms with E-state index in [2.05, 4.69) is 26.5 Å². The maximum absolute atomic E-state index is 6.20. The molecule has 1 aromatic carbocycles. The fourth-order valence-corrected chi connectivity index (χ4v) is 2.61. The molecule has 1 aromatic heterocycles. The maximum atomic E-state index is 6.20. The van der Waals surface area contributed by atoms with Gasteiger partial charge >= 0.3 is 6.01 Å². The lowest BCUT2D eigenvalue weighted by Crippen LogP contribution is -2.30. The van der Waals surface area contributed by atoms with Crippen molar-refractivity contribution in [3.63, 3.8) is 0 Å². The number of hydrogen-bond acceptors (Lipinski definition) is 5. The van der Waals surface area contributed by atoms with Gasteiger partial charge in [-0.1, -0.05) is 28.8 Å². The van der Waals surface area contributed by atoms with Crippen molar-refractivity contribution >= 4 is 30.0 Å². The van der Waals surface area contributed by atoms with Crippen LogP contribution >= 0.6 is 24.0 Å². The van der Waals surface area contributed by atoms with Crippen LogP contribution in [0.4, 0.5) is 6.01 Å². The summed E-state index contributed by atoms with van der Waals surface area (Å²) in [5, 5.41) is 11.9. The van der Waals surface area contributed by atoms with Gasteiger partial charge in [-0.25, -0.2) is 0 Å². The molecule has 2 aromatic rings. The number of nitrogens with zero attached hydrogens (tertiary/aromatic N) is 3. The van der Waals surface area contributed by atoms with Crippen molar-refractivity contribution in [1.29, 1.82) is 0 Å². The molecule has 3 rings (SSSR count). The van der Waals surface area contributed by atoms with Crippen molar-refractivity contribution in [3.05, 3.63) is 40.2 Å². The molecule has 108 valence electrons. The third-order valence-corrected chi connectivity index (χ3v) is 3.62. The highest BCUT2D eigenvalue weighted by Crippen LogP contribution is 2.28. The molecule has 0 spiro atoms. The van der Waals surface area contributed by atoms with E-state index in [-0.39, 0.29) is 12.4 Å². The van der Waals surface area contributed by atoms with Crippen LogP contribution in [0.25, 0.3) is 0 Å². The predicted octanol–water partition coefficient (Wildman–Crippen LogP) is 2.43. The lowest BCUT2D eigenvalue weighted by atomic mass is 10.0. The Morgan fingerprint density at radius 1 is 1.40 bits per heavy atom. The van der Waals surface area contributed by atoms with Crippen molar-refractivity contribution < 1.29 is 4.42 Å². The molecule has 1 aliphatic heterocycles. The molecule has 0 saturated carbocycles. The number of fused-ring (bicyclic) bond motifs is 1. The third kappa shape index (κ3) is 2.90. The molecule has 0 unspecified atom stereocenters. The van der Waals surface area contributed by atoms with E-state index in [9.17, 15) is 0 Å². The first-order valence-corrected chi connectivity index (χ1v) is 6.64. The van der Waals surface area contributed by atoms with Gasteiger partial charge in [0.05, 0.1) is 6.54 Å². The van der Waals surface area contributed by atoms with E-state index in [0.29, 0.717) is 18.5 Å². The number of aromatic nitrogens is 2. The van der Waals surface area contributed by atoms with E-state index in [4.69, 9.17) is 16.0 Å². The zero-order chi connectivity index (χ0) is 13.2. The summed E-state index contributed by atoms with van der Waals surface area (Å²) in [5.74, 6) is 0.606. The Bertz CT molecular complexity index is 588. The quantitative estimate of drug-likeness (QED) is 0.943. The van der Waals surface area contributed by atoms with Gasteiger partial charge in [0.25, 0.3) is 0 Å². The van der Waals surface area contributed by atoms with Crippen LogP contribution in [-0.2, 0) is 19.5 Å². The summed E-state index contributed by atoms with van der Waals surface area (Å²) in [4.78, 5) is 2.09. The van der Waals surface area contributed by atoms with Gasteiger partial charge in [-0.2, -0.15) is 0 Å². The first-order chi connectivity index (χ1) is 9.28. The second-order valence-corrected chi connectivity index (χ2v) is 4.96. The summed E-state index contributed by atoms with van der Waals surface area (Å²) in [6.45, 7) is 2.19. The van der Waals surface area contributed by atoms with E-state index in [1.807, 2.05) is 19.2 Å². The van der Waals surface area contributed by atoms with Crippen LogP contribution in [0.15, 0.2) is 22.6 Å². The molecule has 0 radical (unpaired) electrons. The molecule has 7 heteroatoms. The number of halogens is 2. The first-order valence-electron chi connectivity index (χ1n) is 6.26. The molecule has 1 aliphatic rings. The molecule has 0 saturated heterocycles. The summed E-state index contributed by atoms with van der Waals surface area (Å²) in [6.07, 6.45) is 0.902. The first kappa shape index (κ1) is 15.1. The van der Waals surface area contributed by atoms with E-state index in [1.54, 1.807) is 0 Å². The Morgan fingerprint density at radius 3 is 3.05 bits per heavy atom. The molecule has 0 amide bonds. The van der Waals surface area contributed by atoms with Gasteiger partial charge in [0.2, 0.25) is 5.89 Å². The predicted molar refractivity (Wildman–Crippen MR) is 80.5 cm³/mol. The fraction of sp³-hybridized carbons (Fsp3) is 0.385. The minimum atomic E-state index is 0. The fourth-order valence-electron chi connectivity index (χ4n) is 2.32. The second kappa shape index (κ2) is 6.43. The summed E-state index contributed by atoms with van der Waals surface area (Å²) in [7, 11) is 1.85. The smallest absolute Gasteiger partial charge is 0.318 e. The van der Waals surface area contributed by atoms with Crippen molar-refractivity contribution in [2.45, 2.75) is 19.5 Å². The van der Waals surface area contributed by atoms with Crippen LogP contribution in [0.5, 0.6) is 0 Å². The number of anilines is 1. The minimum absolute atomic E-state index is 0. The molecule has 0 fully saturated rings. The summed E-state index contributed by atoms with van der Waals surface area (Å²) in [5.41, 5.74) is 2.46. The Balaban J connectivity index is 0.00000147. The van der Waals surface area contributed by atoms with E-state index < -0.39 is 0 Å². The number of rotatable bonds is 3. The van der Waals surface area contributed by atoms with Gasteiger partial charge in [0.15, 0.2) is 0 Å². The molecule has 20 heavy (non-hydrogen) atoms. The number of nitrogens with one attached hydrogen (secondary N) is 1. The van der Waals surface area contributed by atoms with Crippen LogP contribution in [0.1, 0.15) is 17.0 Å². The molecular weight excluding hydrogens is 299 g/mol. The lowest BCUT2D eigenvalue weighted by Gasteiger charge is -2.27. The van der Waals surface area contributed by atoms with Crippen LogP contribution < -0.4 is 10.2 Å². The highest BCUT2D eigenvalue weighted by molar-refractivity contribution is 6.31. The van der Waals surface area contributed by atoms with Gasteiger partial charge in [-0.15, -0.1) is 17.5 Å². The third-order valence-electron chi connectivity index (χ3n) is 3.26. The Hall–Kier alpha value is -1.30. The highest BCUT2D eigenvalue weighted by Gasteiger charge is 2.22. The number of hydrogen-bond donors (Lipinski definition) is 1. The van der Waals surface area contributed by atoms with E-state index in [1.165, 1.54) is 11.1 Å². The molecular formula is C13H16Cl2N4O. The zero-order valence-corrected chi connectivity index (χ0v) is 12.7. The SMILES string of the molecule is CNCc1nnc(N2CCc3c(Cl)cccc3C2)o1.Cl. The minimum Gasteiger partial charge on any atom is -0.407 e. The van der Waals surface area contributed by atoms with Crippen LogP contribution in [0, 0.1) is 0 Å². The monoisotopic (exact) mass is 314 g/mol. The Labute approximate surface area is 128 Å². The Kier molecular flexibility index (Phi) is 4.86. The summed E-state index contributed by atoms with van der Waals surface area (Å²) >= 11 is 6.20. The van der Waals surface area contributed by atoms with E-state index in [0.717, 1.165) is 24.5 Å². The van der Waals surface area contributed by atoms with Crippen LogP contribution in [0.3, 0.4) is 0 Å². The standard InChI is InChI=1S/C13H15ClN4O.ClH/c1-15-7-12-16-17-13(19-12)18-6-5-10-9(8-18)3-2-4-11(10)14;/h2-4,15H,5-8H2,1H3;1H. The van der Waals surface area contributed by atoms with Gasteiger partial charge in [0, 0.05) is 18.1 Å². The topological polar surface area (TPSA) is 54.2 Å². The van der Waals surface area contributed by atoms with Crippen molar-refractivity contribution in [3.8, 4) is 0 Å². The average Bonchev–Trinajstić information content (AvgIpc) is 2.88. The molecule has 0 bridgehead atoms. The van der Waals surface area contributed by atoms with E-state index >= 15 is 0 Å². The highest BCUT2D eigenvalue weighted by atomic mass is 35.5. The largest absolute Gasteiger partial charge is 0.407 e. The normalized spacial score (nSPS) is 13.8. The van der Waals surface area contributed by atoms with Crippen molar-refractivity contribution in [1.82, 2.24) is 15.5 Å². The van der Waals surface area contributed by atoms with Gasteiger partial charge < -0.3 is 14.6 Å². The molecule has 2 heterocycles. The van der Waals surface area contributed by atoms with Crippen LogP contribution in [0.2, 0.25) is 5.02 Å². The Morgan fingerprint density at radius 2 is 2.25 bits per heavy atom. The maximum Gasteiger partial charge on any atom is 0.318 e. The second-order valence-electron chi connectivity index (χ2n) is 4.56. The van der Waals surface area contributed by atoms with Gasteiger partial charge in [-0.3, -0.25) is 0 Å². The average molecular weight is 315 g/mol. The summed E-state index contributed by atoms with van der Waals surface area (Å²) in [6, 6.07) is 6.59. The van der Waals surface area contributed by atoms with Gasteiger partial charge in [0.1, 0.15) is 0 Å². The van der Waals surface area contributed by atoms with Crippen molar-refractivity contribution in [2.75, 3.05) is 18.5 Å². The molecule has 0 aliphatic carbocycles. The molecule has 5 nitrogen and oxygen atoms in total. The van der Waals surface area contributed by atoms with Crippen molar-refractivity contribution in [2.24, 2.45) is 0 Å².